The molecule has 4 atom stereocenters. The van der Waals surface area contributed by atoms with E-state index in [0.29, 0.717) is 5.56 Å². The number of aromatic amines is 1. The van der Waals surface area contributed by atoms with Gasteiger partial charge in [0, 0.05) is 19.4 Å². The first-order valence-corrected chi connectivity index (χ1v) is 5.33. The number of pyridine rings is 1. The average molecular weight is 241 g/mol. The summed E-state index contributed by atoms with van der Waals surface area (Å²) in [6, 6.07) is 2.99. The molecule has 94 valence electrons. The van der Waals surface area contributed by atoms with Crippen LogP contribution >= 0.6 is 0 Å². The molecule has 6 heteroatoms. The van der Waals surface area contributed by atoms with Gasteiger partial charge in [-0.15, -0.1) is 0 Å². The summed E-state index contributed by atoms with van der Waals surface area (Å²) >= 11 is 0. The number of aliphatic hydroxyl groups excluding tert-OH is 2. The molecule has 0 amide bonds. The molecule has 6 nitrogen and oxygen atoms in total. The first kappa shape index (κ1) is 12.3. The highest BCUT2D eigenvalue weighted by Gasteiger charge is 2.44. The molecule has 0 spiro atoms. The highest BCUT2D eigenvalue weighted by Crippen LogP contribution is 2.34. The van der Waals surface area contributed by atoms with Crippen LogP contribution in [0.3, 0.4) is 0 Å². The number of aromatic nitrogens is 1. The minimum absolute atomic E-state index is 0.208. The first-order valence-electron chi connectivity index (χ1n) is 5.33. The molecule has 1 aliphatic heterocycles. The summed E-state index contributed by atoms with van der Waals surface area (Å²) in [6.45, 7) is -0.277. The van der Waals surface area contributed by atoms with E-state index in [1.165, 1.54) is 19.4 Å². The number of ether oxygens (including phenoxy) is 2. The van der Waals surface area contributed by atoms with Gasteiger partial charge in [-0.25, -0.2) is 0 Å². The van der Waals surface area contributed by atoms with Crippen molar-refractivity contribution in [1.82, 2.24) is 4.98 Å². The Morgan fingerprint density at radius 3 is 2.82 bits per heavy atom. The molecule has 0 radical (unpaired) electrons. The Balaban J connectivity index is 2.25. The number of hydrogen-bond acceptors (Lipinski definition) is 5. The van der Waals surface area contributed by atoms with Gasteiger partial charge in [-0.3, -0.25) is 4.79 Å². The monoisotopic (exact) mass is 241 g/mol. The minimum Gasteiger partial charge on any atom is -0.394 e. The summed E-state index contributed by atoms with van der Waals surface area (Å²) < 4.78 is 10.7. The van der Waals surface area contributed by atoms with Crippen LogP contribution in [0, 0.1) is 0 Å². The molecule has 1 fully saturated rings. The predicted molar refractivity (Wildman–Crippen MR) is 58.6 cm³/mol. The van der Waals surface area contributed by atoms with Gasteiger partial charge >= 0.3 is 0 Å². The third-order valence-electron chi connectivity index (χ3n) is 2.93. The van der Waals surface area contributed by atoms with Gasteiger partial charge in [0.25, 0.3) is 0 Å². The minimum atomic E-state index is -0.887. The van der Waals surface area contributed by atoms with Crippen molar-refractivity contribution in [3.8, 4) is 0 Å². The Bertz CT molecular complexity index is 412. The van der Waals surface area contributed by atoms with E-state index in [0.717, 1.165) is 0 Å². The number of H-pyrrole nitrogens is 1. The Kier molecular flexibility index (Phi) is 3.58. The Hall–Kier alpha value is -1.21. The molecular weight excluding hydrogens is 226 g/mol. The second-order valence-electron chi connectivity index (χ2n) is 3.95. The van der Waals surface area contributed by atoms with Crippen LogP contribution in [0.2, 0.25) is 0 Å². The van der Waals surface area contributed by atoms with Crippen LogP contribution in [0.15, 0.2) is 23.1 Å². The van der Waals surface area contributed by atoms with Crippen molar-refractivity contribution in [3.05, 3.63) is 34.2 Å². The molecule has 1 aromatic heterocycles. The van der Waals surface area contributed by atoms with Crippen LogP contribution in [-0.2, 0) is 9.47 Å². The van der Waals surface area contributed by atoms with Gasteiger partial charge in [-0.2, -0.15) is 0 Å². The molecule has 2 unspecified atom stereocenters. The van der Waals surface area contributed by atoms with Gasteiger partial charge in [0.05, 0.1) is 6.61 Å². The number of hydrogen-bond donors (Lipinski definition) is 3. The van der Waals surface area contributed by atoms with Gasteiger partial charge < -0.3 is 24.7 Å². The van der Waals surface area contributed by atoms with Crippen LogP contribution in [0.4, 0.5) is 0 Å². The van der Waals surface area contributed by atoms with Crippen LogP contribution in [0.25, 0.3) is 0 Å². The lowest BCUT2D eigenvalue weighted by Gasteiger charge is -2.18. The molecule has 3 N–H and O–H groups in total. The highest BCUT2D eigenvalue weighted by atomic mass is 16.6. The van der Waals surface area contributed by atoms with Crippen molar-refractivity contribution >= 4 is 0 Å². The third kappa shape index (κ3) is 2.25. The summed E-state index contributed by atoms with van der Waals surface area (Å²) in [6.07, 6.45) is -1.09. The second kappa shape index (κ2) is 4.97. The van der Waals surface area contributed by atoms with E-state index >= 15 is 0 Å². The maximum atomic E-state index is 11.0. The van der Waals surface area contributed by atoms with E-state index in [9.17, 15) is 9.90 Å². The van der Waals surface area contributed by atoms with Gasteiger partial charge in [0.15, 0.2) is 0 Å². The molecule has 0 saturated carbocycles. The number of rotatable bonds is 3. The molecule has 2 heterocycles. The molecule has 0 aliphatic carbocycles. The molecule has 2 rings (SSSR count). The number of nitrogens with one attached hydrogen (secondary N) is 1. The van der Waals surface area contributed by atoms with Crippen molar-refractivity contribution < 1.29 is 19.7 Å². The first-order chi connectivity index (χ1) is 8.17. The van der Waals surface area contributed by atoms with E-state index in [2.05, 4.69) is 4.98 Å². The van der Waals surface area contributed by atoms with E-state index in [4.69, 9.17) is 14.6 Å². The van der Waals surface area contributed by atoms with E-state index in [-0.39, 0.29) is 12.2 Å². The quantitative estimate of drug-likeness (QED) is 0.643. The standard InChI is InChI=1S/C11H15NO5/c1-16-11-9(15)7(5-13)17-10(11)6-2-3-8(14)12-4-6/h2-4,7,9-11,13,15H,5H2,1H3,(H,12,14)/t7-,9?,10+,11?/m1/s1. The van der Waals surface area contributed by atoms with Crippen molar-refractivity contribution in [2.75, 3.05) is 13.7 Å². The molecule has 1 saturated heterocycles. The van der Waals surface area contributed by atoms with Crippen molar-refractivity contribution in [3.63, 3.8) is 0 Å². The lowest BCUT2D eigenvalue weighted by atomic mass is 10.0. The predicted octanol–water partition coefficient (Wildman–Crippen LogP) is -0.817. The normalized spacial score (nSPS) is 32.9. The number of methoxy groups -OCH3 is 1. The van der Waals surface area contributed by atoms with E-state index < -0.39 is 24.4 Å². The van der Waals surface area contributed by atoms with Gasteiger partial charge in [0.1, 0.15) is 24.4 Å². The maximum absolute atomic E-state index is 11.0. The van der Waals surface area contributed by atoms with Crippen LogP contribution in [0.1, 0.15) is 11.7 Å². The summed E-state index contributed by atoms with van der Waals surface area (Å²) in [5.41, 5.74) is 0.492. The molecule has 1 aromatic rings. The lowest BCUT2D eigenvalue weighted by molar-refractivity contribution is -0.0234. The number of aliphatic hydroxyl groups is 2. The molecule has 0 aromatic carbocycles. The van der Waals surface area contributed by atoms with Crippen molar-refractivity contribution in [2.45, 2.75) is 24.4 Å². The topological polar surface area (TPSA) is 91.8 Å². The smallest absolute Gasteiger partial charge is 0.247 e. The van der Waals surface area contributed by atoms with Gasteiger partial charge in [0.2, 0.25) is 5.56 Å². The largest absolute Gasteiger partial charge is 0.394 e. The fourth-order valence-electron chi connectivity index (χ4n) is 2.02. The Morgan fingerprint density at radius 2 is 2.29 bits per heavy atom. The highest BCUT2D eigenvalue weighted by molar-refractivity contribution is 5.16. The summed E-state index contributed by atoms with van der Waals surface area (Å²) in [5.74, 6) is 0. The fourth-order valence-corrected chi connectivity index (χ4v) is 2.02. The van der Waals surface area contributed by atoms with Gasteiger partial charge in [-0.05, 0) is 11.6 Å². The van der Waals surface area contributed by atoms with Crippen molar-refractivity contribution in [1.29, 1.82) is 0 Å². The zero-order valence-corrected chi connectivity index (χ0v) is 9.37. The molecule has 17 heavy (non-hydrogen) atoms. The summed E-state index contributed by atoms with van der Waals surface area (Å²) in [4.78, 5) is 13.5. The van der Waals surface area contributed by atoms with Crippen LogP contribution in [0.5, 0.6) is 0 Å². The third-order valence-corrected chi connectivity index (χ3v) is 2.93. The Labute approximate surface area is 97.8 Å². The maximum Gasteiger partial charge on any atom is 0.247 e. The summed E-state index contributed by atoms with van der Waals surface area (Å²) in [5, 5.41) is 18.9. The van der Waals surface area contributed by atoms with E-state index in [1.54, 1.807) is 6.07 Å². The molecule has 1 aliphatic rings. The zero-order chi connectivity index (χ0) is 12.4. The van der Waals surface area contributed by atoms with Gasteiger partial charge in [-0.1, -0.05) is 0 Å². The average Bonchev–Trinajstić information content (AvgIpc) is 2.66. The van der Waals surface area contributed by atoms with Crippen LogP contribution < -0.4 is 5.56 Å². The Morgan fingerprint density at radius 1 is 1.53 bits per heavy atom. The van der Waals surface area contributed by atoms with Crippen molar-refractivity contribution in [2.24, 2.45) is 0 Å². The lowest BCUT2D eigenvalue weighted by Crippen LogP contribution is -2.33. The molecular formula is C11H15NO5. The second-order valence-corrected chi connectivity index (χ2v) is 3.95. The zero-order valence-electron chi connectivity index (χ0n) is 9.37. The molecule has 0 bridgehead atoms. The van der Waals surface area contributed by atoms with E-state index in [1.807, 2.05) is 0 Å². The summed E-state index contributed by atoms with van der Waals surface area (Å²) in [7, 11) is 1.47. The fraction of sp³-hybridized carbons (Fsp3) is 0.545. The van der Waals surface area contributed by atoms with Crippen LogP contribution in [-0.4, -0.2) is 47.2 Å². The SMILES string of the molecule is COC1C(O)[C@@H](CO)O[C@H]1c1ccc(=O)[nH]c1.